The van der Waals surface area contributed by atoms with Crippen LogP contribution in [0, 0.1) is 11.3 Å². The first-order valence-electron chi connectivity index (χ1n) is 9.06. The minimum absolute atomic E-state index is 0.0108. The van der Waals surface area contributed by atoms with Crippen LogP contribution < -0.4 is 16.4 Å². The Hall–Kier alpha value is -1.67. The lowest BCUT2D eigenvalue weighted by Crippen LogP contribution is -2.54. The van der Waals surface area contributed by atoms with Gasteiger partial charge in [-0.1, -0.05) is 34.1 Å². The number of carbonyl (C=O) groups is 3. The Balaban J connectivity index is 4.62. The topological polar surface area (TPSA) is 120 Å². The van der Waals surface area contributed by atoms with E-state index in [-0.39, 0.29) is 18.2 Å². The molecule has 0 unspecified atom stereocenters. The summed E-state index contributed by atoms with van der Waals surface area (Å²) in [5.74, 6) is -1.65. The molecular formula is C18H35N3O5. The third kappa shape index (κ3) is 10.4. The van der Waals surface area contributed by atoms with Crippen LogP contribution in [-0.4, -0.2) is 57.2 Å². The van der Waals surface area contributed by atoms with Crippen LogP contribution in [0.1, 0.15) is 47.0 Å². The lowest BCUT2D eigenvalue weighted by Gasteiger charge is -2.30. The summed E-state index contributed by atoms with van der Waals surface area (Å²) in [6.07, 6.45) is 1.30. The van der Waals surface area contributed by atoms with E-state index < -0.39 is 23.3 Å². The zero-order chi connectivity index (χ0) is 20.2. The fourth-order valence-corrected chi connectivity index (χ4v) is 2.41. The molecule has 0 heterocycles. The van der Waals surface area contributed by atoms with E-state index in [2.05, 4.69) is 10.6 Å². The summed E-state index contributed by atoms with van der Waals surface area (Å²) in [5, 5.41) is 5.50. The Morgan fingerprint density at radius 1 is 1.12 bits per heavy atom. The molecule has 2 atom stereocenters. The Bertz CT molecular complexity index is 449. The van der Waals surface area contributed by atoms with Crippen LogP contribution in [-0.2, 0) is 23.9 Å². The lowest BCUT2D eigenvalue weighted by atomic mass is 9.85. The Kier molecular flexibility index (Phi) is 11.8. The van der Waals surface area contributed by atoms with Gasteiger partial charge in [0.05, 0.1) is 19.8 Å². The molecule has 0 aliphatic rings. The summed E-state index contributed by atoms with van der Waals surface area (Å²) < 4.78 is 10.2. The van der Waals surface area contributed by atoms with E-state index in [1.54, 1.807) is 7.11 Å². The summed E-state index contributed by atoms with van der Waals surface area (Å²) >= 11 is 0. The van der Waals surface area contributed by atoms with Crippen molar-refractivity contribution in [3.05, 3.63) is 0 Å². The van der Waals surface area contributed by atoms with Gasteiger partial charge in [0.25, 0.3) is 0 Å². The van der Waals surface area contributed by atoms with Gasteiger partial charge in [0.15, 0.2) is 0 Å². The van der Waals surface area contributed by atoms with E-state index in [1.807, 2.05) is 27.7 Å². The van der Waals surface area contributed by atoms with Gasteiger partial charge in [-0.15, -0.1) is 0 Å². The molecule has 0 bridgehead atoms. The Morgan fingerprint density at radius 2 is 1.77 bits per heavy atom. The largest absolute Gasteiger partial charge is 0.382 e. The van der Waals surface area contributed by atoms with Crippen molar-refractivity contribution >= 4 is 17.7 Å². The fourth-order valence-electron chi connectivity index (χ4n) is 2.41. The van der Waals surface area contributed by atoms with Gasteiger partial charge in [0.2, 0.25) is 17.7 Å². The van der Waals surface area contributed by atoms with E-state index in [0.717, 1.165) is 6.42 Å². The highest BCUT2D eigenvalue weighted by molar-refractivity contribution is 5.90. The van der Waals surface area contributed by atoms with Crippen molar-refractivity contribution in [2.24, 2.45) is 17.1 Å². The lowest BCUT2D eigenvalue weighted by molar-refractivity contribution is -0.133. The predicted molar refractivity (Wildman–Crippen MR) is 99.3 cm³/mol. The second-order valence-electron chi connectivity index (χ2n) is 7.35. The first kappa shape index (κ1) is 24.3. The number of ether oxygens (including phenoxy) is 2. The van der Waals surface area contributed by atoms with Gasteiger partial charge in [0, 0.05) is 26.0 Å². The van der Waals surface area contributed by atoms with Crippen LogP contribution in [0.2, 0.25) is 0 Å². The average Bonchev–Trinajstić information content (AvgIpc) is 2.54. The molecule has 0 spiro atoms. The highest BCUT2D eigenvalue weighted by Gasteiger charge is 2.33. The van der Waals surface area contributed by atoms with Crippen LogP contribution in [0.4, 0.5) is 0 Å². The van der Waals surface area contributed by atoms with Gasteiger partial charge >= 0.3 is 0 Å². The van der Waals surface area contributed by atoms with Gasteiger partial charge < -0.3 is 25.8 Å². The summed E-state index contributed by atoms with van der Waals surface area (Å²) in [4.78, 5) is 36.2. The van der Waals surface area contributed by atoms with Crippen molar-refractivity contribution < 1.29 is 23.9 Å². The van der Waals surface area contributed by atoms with Gasteiger partial charge in [-0.05, 0) is 11.8 Å². The van der Waals surface area contributed by atoms with Crippen LogP contribution in [0.5, 0.6) is 0 Å². The molecule has 0 aromatic carbocycles. The van der Waals surface area contributed by atoms with Crippen LogP contribution in [0.15, 0.2) is 0 Å². The van der Waals surface area contributed by atoms with Crippen molar-refractivity contribution in [1.82, 2.24) is 10.6 Å². The van der Waals surface area contributed by atoms with Gasteiger partial charge in [0.1, 0.15) is 6.04 Å². The number of nitrogens with two attached hydrogens (primary N) is 1. The number of amides is 3. The smallest absolute Gasteiger partial charge is 0.243 e. The van der Waals surface area contributed by atoms with E-state index in [1.165, 1.54) is 0 Å². The Morgan fingerprint density at radius 3 is 2.27 bits per heavy atom. The molecule has 26 heavy (non-hydrogen) atoms. The summed E-state index contributed by atoms with van der Waals surface area (Å²) in [5.41, 5.74) is 4.86. The third-order valence-electron chi connectivity index (χ3n) is 3.88. The zero-order valence-corrected chi connectivity index (χ0v) is 16.7. The number of carbonyl (C=O) groups excluding carboxylic acids is 3. The number of primary amides is 1. The number of methoxy groups -OCH3 is 1. The van der Waals surface area contributed by atoms with Crippen LogP contribution >= 0.6 is 0 Å². The molecule has 8 heteroatoms. The molecule has 0 aliphatic heterocycles. The normalized spacial score (nSPS) is 13.7. The summed E-state index contributed by atoms with van der Waals surface area (Å²) in [6.45, 7) is 9.17. The highest BCUT2D eigenvalue weighted by atomic mass is 16.5. The molecule has 4 N–H and O–H groups in total. The van der Waals surface area contributed by atoms with E-state index >= 15 is 0 Å². The number of hydrogen-bond donors (Lipinski definition) is 3. The molecule has 0 saturated heterocycles. The SMILES string of the molecule is CCC[C@@H](CC(=O)N[C@H](C(=O)NCCOCCOC)C(C)(C)C)C(N)=O. The van der Waals surface area contributed by atoms with Crippen molar-refractivity contribution in [2.45, 2.75) is 53.0 Å². The quantitative estimate of drug-likeness (QED) is 0.408. The fraction of sp³-hybridized carbons (Fsp3) is 0.833. The molecule has 0 saturated carbocycles. The van der Waals surface area contributed by atoms with Gasteiger partial charge in [-0.3, -0.25) is 14.4 Å². The minimum Gasteiger partial charge on any atom is -0.382 e. The second-order valence-corrected chi connectivity index (χ2v) is 7.35. The van der Waals surface area contributed by atoms with Crippen molar-refractivity contribution in [3.8, 4) is 0 Å². The molecule has 0 fully saturated rings. The molecular weight excluding hydrogens is 338 g/mol. The van der Waals surface area contributed by atoms with Crippen LogP contribution in [0.25, 0.3) is 0 Å². The van der Waals surface area contributed by atoms with Crippen LogP contribution in [0.3, 0.4) is 0 Å². The molecule has 0 aromatic heterocycles. The first-order valence-corrected chi connectivity index (χ1v) is 9.06. The molecule has 0 aliphatic carbocycles. The number of hydrogen-bond acceptors (Lipinski definition) is 5. The van der Waals surface area contributed by atoms with Gasteiger partial charge in [-0.25, -0.2) is 0 Å². The Labute approximate surface area is 156 Å². The molecule has 8 nitrogen and oxygen atoms in total. The van der Waals surface area contributed by atoms with Crippen molar-refractivity contribution in [1.29, 1.82) is 0 Å². The maximum atomic E-state index is 12.5. The van der Waals surface area contributed by atoms with E-state index in [9.17, 15) is 14.4 Å². The molecule has 0 rings (SSSR count). The number of nitrogens with one attached hydrogen (secondary N) is 2. The monoisotopic (exact) mass is 373 g/mol. The number of rotatable bonds is 13. The zero-order valence-electron chi connectivity index (χ0n) is 16.7. The van der Waals surface area contributed by atoms with E-state index in [4.69, 9.17) is 15.2 Å². The van der Waals surface area contributed by atoms with E-state index in [0.29, 0.717) is 32.8 Å². The molecule has 0 radical (unpaired) electrons. The predicted octanol–water partition coefficient (Wildman–Crippen LogP) is 0.588. The van der Waals surface area contributed by atoms with Crippen molar-refractivity contribution in [3.63, 3.8) is 0 Å². The van der Waals surface area contributed by atoms with Gasteiger partial charge in [-0.2, -0.15) is 0 Å². The summed E-state index contributed by atoms with van der Waals surface area (Å²) in [7, 11) is 1.59. The molecule has 3 amide bonds. The third-order valence-corrected chi connectivity index (χ3v) is 3.88. The maximum absolute atomic E-state index is 12.5. The standard InChI is InChI=1S/C18H35N3O5/c1-6-7-13(16(19)23)12-14(22)21-15(18(2,3)4)17(24)20-8-9-26-11-10-25-5/h13,15H,6-12H2,1-5H3,(H2,19,23)(H,20,24)(H,21,22)/t13-,15+/m0/s1. The van der Waals surface area contributed by atoms with Crippen molar-refractivity contribution in [2.75, 3.05) is 33.5 Å². The minimum atomic E-state index is -0.718. The molecule has 0 aromatic rings. The highest BCUT2D eigenvalue weighted by Crippen LogP contribution is 2.20. The summed E-state index contributed by atoms with van der Waals surface area (Å²) in [6, 6.07) is -0.718. The maximum Gasteiger partial charge on any atom is 0.243 e. The average molecular weight is 373 g/mol. The second kappa shape index (κ2) is 12.6. The molecule has 152 valence electrons. The first-order chi connectivity index (χ1) is 12.1.